The third kappa shape index (κ3) is 6.53. The van der Waals surface area contributed by atoms with E-state index in [0.717, 1.165) is 5.75 Å². The molecule has 72 valence electrons. The van der Waals surface area contributed by atoms with E-state index in [-0.39, 0.29) is 12.1 Å². The summed E-state index contributed by atoms with van der Waals surface area (Å²) in [6, 6.07) is 0. The number of rotatable bonds is 5. The Morgan fingerprint density at radius 3 is 2.42 bits per heavy atom. The van der Waals surface area contributed by atoms with E-state index in [1.165, 1.54) is 0 Å². The van der Waals surface area contributed by atoms with Gasteiger partial charge in [-0.3, -0.25) is 4.79 Å². The summed E-state index contributed by atoms with van der Waals surface area (Å²) in [6.45, 7) is 7.88. The van der Waals surface area contributed by atoms with Gasteiger partial charge < -0.3 is 4.74 Å². The molecule has 0 spiro atoms. The summed E-state index contributed by atoms with van der Waals surface area (Å²) in [6.07, 6.45) is 0.535. The summed E-state index contributed by atoms with van der Waals surface area (Å²) in [7, 11) is 0. The van der Waals surface area contributed by atoms with Crippen molar-refractivity contribution in [3.63, 3.8) is 0 Å². The van der Waals surface area contributed by atoms with Crippen LogP contribution in [-0.4, -0.2) is 23.1 Å². The fourth-order valence-corrected chi connectivity index (χ4v) is 1.71. The maximum atomic E-state index is 11.1. The van der Waals surface area contributed by atoms with E-state index in [2.05, 4.69) is 13.8 Å². The second-order valence-electron chi connectivity index (χ2n) is 3.01. The van der Waals surface area contributed by atoms with Gasteiger partial charge in [-0.15, -0.1) is 0 Å². The molecule has 2 nitrogen and oxygen atoms in total. The fraction of sp³-hybridized carbons (Fsp3) is 0.889. The molecule has 12 heavy (non-hydrogen) atoms. The van der Waals surface area contributed by atoms with Gasteiger partial charge >= 0.3 is 5.97 Å². The lowest BCUT2D eigenvalue weighted by molar-refractivity contribution is -0.147. The van der Waals surface area contributed by atoms with Crippen LogP contribution >= 0.6 is 11.8 Å². The van der Waals surface area contributed by atoms with Crippen LogP contribution in [-0.2, 0) is 9.53 Å². The van der Waals surface area contributed by atoms with Crippen LogP contribution in [0.1, 0.15) is 34.1 Å². The van der Waals surface area contributed by atoms with Gasteiger partial charge in [-0.25, -0.2) is 0 Å². The summed E-state index contributed by atoms with van der Waals surface area (Å²) in [5.41, 5.74) is 0. The summed E-state index contributed by atoms with van der Waals surface area (Å²) in [4.78, 5) is 11.1. The quantitative estimate of drug-likeness (QED) is 0.623. The van der Waals surface area contributed by atoms with E-state index in [4.69, 9.17) is 4.74 Å². The molecular formula is C9H18O2S. The molecule has 0 saturated carbocycles. The molecule has 0 aromatic carbocycles. The van der Waals surface area contributed by atoms with E-state index in [0.29, 0.717) is 11.7 Å². The summed E-state index contributed by atoms with van der Waals surface area (Å²) >= 11 is 1.79. The Bertz CT molecular complexity index is 134. The predicted molar refractivity (Wildman–Crippen MR) is 53.4 cm³/mol. The van der Waals surface area contributed by atoms with Gasteiger partial charge in [-0.1, -0.05) is 13.8 Å². The molecule has 0 aliphatic heterocycles. The van der Waals surface area contributed by atoms with Crippen molar-refractivity contribution in [1.29, 1.82) is 0 Å². The molecule has 3 heteroatoms. The predicted octanol–water partition coefficient (Wildman–Crippen LogP) is 2.47. The highest BCUT2D eigenvalue weighted by Gasteiger charge is 2.10. The van der Waals surface area contributed by atoms with Crippen LogP contribution in [0, 0.1) is 0 Å². The van der Waals surface area contributed by atoms with Gasteiger partial charge in [0, 0.05) is 5.25 Å². The molecule has 0 aromatic rings. The lowest BCUT2D eigenvalue weighted by Gasteiger charge is -2.11. The number of carbonyl (C=O) groups excluding carboxylic acids is 1. The topological polar surface area (TPSA) is 26.3 Å². The van der Waals surface area contributed by atoms with Gasteiger partial charge in [0.2, 0.25) is 0 Å². The average molecular weight is 190 g/mol. The number of hydrogen-bond donors (Lipinski definition) is 0. The molecule has 0 radical (unpaired) electrons. The Balaban J connectivity index is 3.54. The van der Waals surface area contributed by atoms with Crippen LogP contribution in [0.2, 0.25) is 0 Å². The number of hydrogen-bond acceptors (Lipinski definition) is 3. The molecule has 0 fully saturated rings. The molecule has 0 aliphatic rings. The number of ether oxygens (including phenoxy) is 1. The van der Waals surface area contributed by atoms with Gasteiger partial charge in [-0.05, 0) is 19.6 Å². The van der Waals surface area contributed by atoms with Crippen molar-refractivity contribution < 1.29 is 9.53 Å². The highest BCUT2D eigenvalue weighted by Crippen LogP contribution is 2.13. The maximum absolute atomic E-state index is 11.1. The molecule has 1 unspecified atom stereocenters. The largest absolute Gasteiger partial charge is 0.463 e. The Morgan fingerprint density at radius 2 is 2.00 bits per heavy atom. The van der Waals surface area contributed by atoms with Crippen molar-refractivity contribution in [3.05, 3.63) is 0 Å². The normalized spacial score (nSPS) is 13.1. The first-order chi connectivity index (χ1) is 5.56. The van der Waals surface area contributed by atoms with Crippen LogP contribution in [0.25, 0.3) is 0 Å². The van der Waals surface area contributed by atoms with E-state index in [9.17, 15) is 4.79 Å². The second kappa shape index (κ2) is 6.35. The first kappa shape index (κ1) is 11.8. The van der Waals surface area contributed by atoms with Crippen molar-refractivity contribution in [3.8, 4) is 0 Å². The minimum absolute atomic E-state index is 0.0105. The molecule has 0 saturated heterocycles. The zero-order chi connectivity index (χ0) is 9.56. The molecule has 0 heterocycles. The van der Waals surface area contributed by atoms with Gasteiger partial charge in [0.05, 0.1) is 12.5 Å². The lowest BCUT2D eigenvalue weighted by atomic mass is 10.3. The van der Waals surface area contributed by atoms with Crippen molar-refractivity contribution >= 4 is 17.7 Å². The first-order valence-electron chi connectivity index (χ1n) is 4.37. The molecule has 1 atom stereocenters. The highest BCUT2D eigenvalue weighted by atomic mass is 32.2. The van der Waals surface area contributed by atoms with Crippen molar-refractivity contribution in [2.45, 2.75) is 45.5 Å². The van der Waals surface area contributed by atoms with Crippen molar-refractivity contribution in [2.75, 3.05) is 5.75 Å². The minimum atomic E-state index is -0.0848. The fourth-order valence-electron chi connectivity index (χ4n) is 0.889. The summed E-state index contributed by atoms with van der Waals surface area (Å²) < 4.78 is 5.01. The van der Waals surface area contributed by atoms with Gasteiger partial charge in [0.1, 0.15) is 0 Å². The third-order valence-corrected chi connectivity index (χ3v) is 2.34. The van der Waals surface area contributed by atoms with Crippen molar-refractivity contribution in [2.24, 2.45) is 0 Å². The molecular weight excluding hydrogens is 172 g/mol. The van der Waals surface area contributed by atoms with Crippen molar-refractivity contribution in [1.82, 2.24) is 0 Å². The summed E-state index contributed by atoms with van der Waals surface area (Å²) in [5, 5.41) is 0.376. The first-order valence-corrected chi connectivity index (χ1v) is 5.42. The monoisotopic (exact) mass is 190 g/mol. The van der Waals surface area contributed by atoms with Crippen LogP contribution in [0.5, 0.6) is 0 Å². The van der Waals surface area contributed by atoms with Gasteiger partial charge in [0.15, 0.2) is 0 Å². The van der Waals surface area contributed by atoms with Crippen LogP contribution in [0.15, 0.2) is 0 Å². The second-order valence-corrected chi connectivity index (χ2v) is 4.72. The Hall–Kier alpha value is -0.180. The molecule has 0 amide bonds. The third-order valence-electron chi connectivity index (χ3n) is 1.27. The van der Waals surface area contributed by atoms with E-state index < -0.39 is 0 Å². The molecule has 0 aromatic heterocycles. The zero-order valence-electron chi connectivity index (χ0n) is 8.29. The SMILES string of the molecule is CCSC(C)CC(=O)OC(C)C. The van der Waals surface area contributed by atoms with Crippen LogP contribution in [0.4, 0.5) is 0 Å². The Morgan fingerprint density at radius 1 is 1.42 bits per heavy atom. The molecule has 0 bridgehead atoms. The smallest absolute Gasteiger partial charge is 0.307 e. The Labute approximate surface area is 79.1 Å². The summed E-state index contributed by atoms with van der Waals surface area (Å²) in [5.74, 6) is 0.967. The van der Waals surface area contributed by atoms with Gasteiger partial charge in [0.25, 0.3) is 0 Å². The van der Waals surface area contributed by atoms with Crippen LogP contribution < -0.4 is 0 Å². The average Bonchev–Trinajstić information content (AvgIpc) is 1.84. The zero-order valence-corrected chi connectivity index (χ0v) is 9.11. The van der Waals surface area contributed by atoms with E-state index >= 15 is 0 Å². The minimum Gasteiger partial charge on any atom is -0.463 e. The van der Waals surface area contributed by atoms with Crippen LogP contribution in [0.3, 0.4) is 0 Å². The van der Waals surface area contributed by atoms with E-state index in [1.807, 2.05) is 13.8 Å². The molecule has 0 rings (SSSR count). The number of thioether (sulfide) groups is 1. The highest BCUT2D eigenvalue weighted by molar-refractivity contribution is 7.99. The van der Waals surface area contributed by atoms with Gasteiger partial charge in [-0.2, -0.15) is 11.8 Å². The number of carbonyl (C=O) groups is 1. The molecule has 0 aliphatic carbocycles. The lowest BCUT2D eigenvalue weighted by Crippen LogP contribution is -2.15. The maximum Gasteiger partial charge on any atom is 0.307 e. The Kier molecular flexibility index (Phi) is 6.25. The molecule has 0 N–H and O–H groups in total. The standard InChI is InChI=1S/C9H18O2S/c1-5-12-8(4)6-9(10)11-7(2)3/h7-8H,5-6H2,1-4H3. The van der Waals surface area contributed by atoms with E-state index in [1.54, 1.807) is 11.8 Å². The number of esters is 1.